The Morgan fingerprint density at radius 1 is 0.938 bits per heavy atom. The maximum absolute atomic E-state index is 12.5. The Labute approximate surface area is 190 Å². The summed E-state index contributed by atoms with van der Waals surface area (Å²) in [6, 6.07) is 24.9. The summed E-state index contributed by atoms with van der Waals surface area (Å²) < 4.78 is 1.80. The quantitative estimate of drug-likeness (QED) is 0.339. The number of carbonyl (C=O) groups excluding carboxylic acids is 1. The summed E-state index contributed by atoms with van der Waals surface area (Å²) in [6.45, 7) is 0.383. The highest BCUT2D eigenvalue weighted by Gasteiger charge is 2.07. The molecule has 0 bridgehead atoms. The predicted molar refractivity (Wildman–Crippen MR) is 125 cm³/mol. The van der Waals surface area contributed by atoms with Crippen LogP contribution in [0.2, 0.25) is 0 Å². The van der Waals surface area contributed by atoms with Gasteiger partial charge in [-0.1, -0.05) is 48.5 Å². The van der Waals surface area contributed by atoms with Crippen LogP contribution >= 0.6 is 20.7 Å². The zero-order valence-corrected chi connectivity index (χ0v) is 18.3. The molecular weight excluding hydrogens is 446 g/mol. The summed E-state index contributed by atoms with van der Waals surface area (Å²) in [4.78, 5) is 22.5. The molecule has 4 aromatic rings. The molecule has 10 heteroatoms. The van der Waals surface area contributed by atoms with E-state index in [9.17, 15) is 10.0 Å². The predicted octanol–water partition coefficient (Wildman–Crippen LogP) is 4.34. The van der Waals surface area contributed by atoms with Gasteiger partial charge in [0.15, 0.2) is 0 Å². The standard InChI is InChI=1S/C22H18N5O3S2/c28-20(23-15-16-7-3-1-4-8-16)25-22-26(18-9-5-2-6-10-18)21(31-32-22)24-17-11-13-19(14-12-17)27(29)30/h1-14,29H,15H2,(H,23,28)/q-1. The van der Waals surface area contributed by atoms with Crippen molar-refractivity contribution in [1.29, 1.82) is 0 Å². The van der Waals surface area contributed by atoms with Crippen LogP contribution in [0.3, 0.4) is 0 Å². The Hall–Kier alpha value is -3.57. The molecule has 4 rings (SSSR count). The molecular formula is C22H18N5O3S2-. The van der Waals surface area contributed by atoms with Gasteiger partial charge < -0.3 is 15.8 Å². The molecule has 0 atom stereocenters. The minimum Gasteiger partial charge on any atom is -0.733 e. The number of urea groups is 1. The fraction of sp³-hybridized carbons (Fsp3) is 0.0455. The third-order valence-electron chi connectivity index (χ3n) is 4.37. The molecule has 1 heterocycles. The average Bonchev–Trinajstić information content (AvgIpc) is 3.21. The number of carbonyl (C=O) groups is 1. The van der Waals surface area contributed by atoms with E-state index in [4.69, 9.17) is 5.21 Å². The first kappa shape index (κ1) is 21.7. The molecule has 1 aromatic heterocycles. The van der Waals surface area contributed by atoms with Crippen molar-refractivity contribution >= 4 is 38.1 Å². The van der Waals surface area contributed by atoms with Gasteiger partial charge in [-0.05, 0) is 62.6 Å². The lowest BCUT2D eigenvalue weighted by molar-refractivity contribution is 0.248. The van der Waals surface area contributed by atoms with Crippen LogP contribution in [0.4, 0.5) is 16.2 Å². The van der Waals surface area contributed by atoms with Gasteiger partial charge in [0, 0.05) is 6.54 Å². The van der Waals surface area contributed by atoms with Gasteiger partial charge in [-0.3, -0.25) is 9.77 Å². The van der Waals surface area contributed by atoms with Gasteiger partial charge in [0.1, 0.15) is 0 Å². The molecule has 0 saturated carbocycles. The van der Waals surface area contributed by atoms with Crippen LogP contribution < -0.4 is 20.1 Å². The maximum Gasteiger partial charge on any atom is 0.343 e. The van der Waals surface area contributed by atoms with E-state index < -0.39 is 6.03 Å². The van der Waals surface area contributed by atoms with Crippen LogP contribution in [-0.2, 0) is 6.54 Å². The van der Waals surface area contributed by atoms with E-state index >= 15 is 0 Å². The summed E-state index contributed by atoms with van der Waals surface area (Å²) in [5.41, 5.74) is 2.50. The molecule has 0 aliphatic rings. The molecule has 0 saturated heterocycles. The number of anilines is 1. The van der Waals surface area contributed by atoms with Crippen LogP contribution in [0.15, 0.2) is 94.9 Å². The lowest BCUT2D eigenvalue weighted by Crippen LogP contribution is -2.28. The Kier molecular flexibility index (Phi) is 6.87. The van der Waals surface area contributed by atoms with Crippen LogP contribution in [0, 0.1) is 5.21 Å². The smallest absolute Gasteiger partial charge is 0.343 e. The third-order valence-corrected chi connectivity index (χ3v) is 6.44. The van der Waals surface area contributed by atoms with Crippen molar-refractivity contribution in [2.45, 2.75) is 6.54 Å². The monoisotopic (exact) mass is 464 g/mol. The summed E-state index contributed by atoms with van der Waals surface area (Å²) in [6.07, 6.45) is 0. The van der Waals surface area contributed by atoms with E-state index in [0.29, 0.717) is 21.8 Å². The minimum atomic E-state index is -0.443. The van der Waals surface area contributed by atoms with Crippen LogP contribution in [0.5, 0.6) is 0 Å². The average molecular weight is 465 g/mol. The minimum absolute atomic E-state index is 0.111. The molecule has 0 aliphatic carbocycles. The first-order valence-electron chi connectivity index (χ1n) is 9.55. The maximum atomic E-state index is 12.5. The second-order valence-electron chi connectivity index (χ2n) is 6.56. The lowest BCUT2D eigenvalue weighted by atomic mass is 10.2. The van der Waals surface area contributed by atoms with Crippen molar-refractivity contribution in [3.05, 3.63) is 105 Å². The third kappa shape index (κ3) is 5.37. The van der Waals surface area contributed by atoms with E-state index in [1.807, 2.05) is 60.7 Å². The number of benzene rings is 3. The van der Waals surface area contributed by atoms with E-state index in [-0.39, 0.29) is 10.9 Å². The van der Waals surface area contributed by atoms with Crippen molar-refractivity contribution in [3.63, 3.8) is 0 Å². The molecule has 0 unspecified atom stereocenters. The number of nitrogens with zero attached hydrogens (tertiary/aromatic N) is 4. The number of para-hydroxylation sites is 1. The fourth-order valence-electron chi connectivity index (χ4n) is 2.83. The molecule has 32 heavy (non-hydrogen) atoms. The van der Waals surface area contributed by atoms with Gasteiger partial charge in [0.2, 0.25) is 9.60 Å². The number of aromatic nitrogens is 1. The first-order valence-corrected chi connectivity index (χ1v) is 11.7. The molecule has 0 radical (unpaired) electrons. The zero-order chi connectivity index (χ0) is 22.3. The van der Waals surface area contributed by atoms with E-state index in [1.165, 1.54) is 32.8 Å². The van der Waals surface area contributed by atoms with Gasteiger partial charge in [-0.2, -0.15) is 4.99 Å². The van der Waals surface area contributed by atoms with E-state index in [2.05, 4.69) is 15.3 Å². The lowest BCUT2D eigenvalue weighted by Gasteiger charge is -2.21. The van der Waals surface area contributed by atoms with Crippen LogP contribution in [-0.4, -0.2) is 15.8 Å². The molecule has 3 aromatic carbocycles. The number of hydrogen-bond donors (Lipinski definition) is 2. The van der Waals surface area contributed by atoms with Crippen molar-refractivity contribution in [2.24, 2.45) is 9.98 Å². The SMILES string of the molecule is O=C(N=c1ssc(=Nc2ccc(N([O-])O)cc2)n1-c1ccccc1)NCc1ccccc1. The number of hydrogen-bond acceptors (Lipinski definition) is 7. The summed E-state index contributed by atoms with van der Waals surface area (Å²) in [7, 11) is 2.71. The van der Waals surface area contributed by atoms with Gasteiger partial charge >= 0.3 is 6.03 Å². The normalized spacial score (nSPS) is 12.1. The molecule has 0 fully saturated rings. The highest BCUT2D eigenvalue weighted by Crippen LogP contribution is 2.18. The summed E-state index contributed by atoms with van der Waals surface area (Å²) >= 11 is 0. The second kappa shape index (κ2) is 10.2. The van der Waals surface area contributed by atoms with Gasteiger partial charge in [-0.25, -0.2) is 9.79 Å². The topological polar surface area (TPSA) is 105 Å². The van der Waals surface area contributed by atoms with Crippen molar-refractivity contribution in [1.82, 2.24) is 9.88 Å². The van der Waals surface area contributed by atoms with Crippen molar-refractivity contribution < 1.29 is 10.0 Å². The highest BCUT2D eigenvalue weighted by molar-refractivity contribution is 7.67. The van der Waals surface area contributed by atoms with Crippen LogP contribution in [0.1, 0.15) is 5.56 Å². The Morgan fingerprint density at radius 3 is 2.22 bits per heavy atom. The Bertz CT molecular complexity index is 1310. The summed E-state index contributed by atoms with van der Waals surface area (Å²) in [5.74, 6) is 0. The molecule has 2 amide bonds. The number of rotatable bonds is 5. The zero-order valence-electron chi connectivity index (χ0n) is 16.7. The molecule has 162 valence electrons. The molecule has 8 nitrogen and oxygen atoms in total. The van der Waals surface area contributed by atoms with E-state index in [1.54, 1.807) is 16.7 Å². The number of amides is 2. The van der Waals surface area contributed by atoms with Gasteiger partial charge in [0.25, 0.3) is 0 Å². The second-order valence-corrected chi connectivity index (χ2v) is 8.62. The van der Waals surface area contributed by atoms with Gasteiger partial charge in [-0.15, -0.1) is 0 Å². The molecule has 2 N–H and O–H groups in total. The van der Waals surface area contributed by atoms with E-state index in [0.717, 1.165) is 11.3 Å². The number of nitrogens with one attached hydrogen (secondary N) is 1. The molecule has 0 spiro atoms. The fourth-order valence-corrected chi connectivity index (χ4v) is 4.95. The van der Waals surface area contributed by atoms with Crippen molar-refractivity contribution in [3.8, 4) is 5.69 Å². The van der Waals surface area contributed by atoms with Crippen molar-refractivity contribution in [2.75, 3.05) is 5.23 Å². The molecule has 0 aliphatic heterocycles. The Morgan fingerprint density at radius 2 is 1.56 bits per heavy atom. The highest BCUT2D eigenvalue weighted by atomic mass is 32.9. The van der Waals surface area contributed by atoms with Gasteiger partial charge in [0.05, 0.1) is 17.1 Å². The Balaban J connectivity index is 1.69. The first-order chi connectivity index (χ1) is 15.6. The largest absolute Gasteiger partial charge is 0.733 e. The summed E-state index contributed by atoms with van der Waals surface area (Å²) in [5, 5.41) is 22.6. The van der Waals surface area contributed by atoms with Crippen LogP contribution in [0.25, 0.3) is 5.69 Å².